The molecule has 1 aromatic heterocycles. The van der Waals surface area contributed by atoms with Crippen LogP contribution in [0, 0.1) is 0 Å². The highest BCUT2D eigenvalue weighted by Gasteiger charge is 2.25. The Balaban J connectivity index is 1.72. The molecule has 8 nitrogen and oxygen atoms in total. The van der Waals surface area contributed by atoms with Gasteiger partial charge in [0.25, 0.3) is 5.91 Å². The minimum absolute atomic E-state index is 0.229. The molecule has 1 fully saturated rings. The van der Waals surface area contributed by atoms with E-state index in [-0.39, 0.29) is 11.6 Å². The van der Waals surface area contributed by atoms with E-state index in [1.165, 1.54) is 21.6 Å². The Labute approximate surface area is 140 Å². The molecule has 0 radical (unpaired) electrons. The van der Waals surface area contributed by atoms with E-state index >= 15 is 0 Å². The molecule has 0 aliphatic carbocycles. The fraction of sp³-hybridized carbons (Fsp3) is 0.400. The second-order valence-electron chi connectivity index (χ2n) is 5.66. The third-order valence-corrected chi connectivity index (χ3v) is 5.21. The van der Waals surface area contributed by atoms with Crippen molar-refractivity contribution in [2.24, 2.45) is 0 Å². The highest BCUT2D eigenvalue weighted by molar-refractivity contribution is 7.88. The first-order valence-electron chi connectivity index (χ1n) is 7.67. The maximum absolute atomic E-state index is 12.6. The smallest absolute Gasteiger partial charge is 0.276 e. The summed E-state index contributed by atoms with van der Waals surface area (Å²) in [6, 6.07) is 9.34. The number of aromatic nitrogens is 3. The van der Waals surface area contributed by atoms with E-state index in [2.05, 4.69) is 10.2 Å². The monoisotopic (exact) mass is 349 g/mol. The van der Waals surface area contributed by atoms with Crippen LogP contribution in [0.15, 0.2) is 36.5 Å². The van der Waals surface area contributed by atoms with E-state index in [4.69, 9.17) is 0 Å². The molecule has 0 N–H and O–H groups in total. The molecule has 1 aliphatic heterocycles. The van der Waals surface area contributed by atoms with Crippen LogP contribution in [0.2, 0.25) is 0 Å². The second kappa shape index (κ2) is 6.70. The van der Waals surface area contributed by atoms with E-state index in [0.717, 1.165) is 5.69 Å². The van der Waals surface area contributed by atoms with Crippen molar-refractivity contribution in [2.45, 2.75) is 6.42 Å². The summed E-state index contributed by atoms with van der Waals surface area (Å²) >= 11 is 0. The van der Waals surface area contributed by atoms with E-state index in [1.807, 2.05) is 30.3 Å². The summed E-state index contributed by atoms with van der Waals surface area (Å²) in [7, 11) is -3.23. The summed E-state index contributed by atoms with van der Waals surface area (Å²) in [6.07, 6.45) is 3.23. The lowest BCUT2D eigenvalue weighted by Crippen LogP contribution is -2.37. The van der Waals surface area contributed by atoms with Gasteiger partial charge < -0.3 is 4.90 Å². The molecule has 0 atom stereocenters. The van der Waals surface area contributed by atoms with Gasteiger partial charge in [-0.15, -0.1) is 5.10 Å². The topological polar surface area (TPSA) is 88.4 Å². The van der Waals surface area contributed by atoms with Gasteiger partial charge in [0.2, 0.25) is 10.0 Å². The van der Waals surface area contributed by atoms with Crippen LogP contribution in [-0.4, -0.2) is 71.0 Å². The van der Waals surface area contributed by atoms with Crippen LogP contribution in [0.25, 0.3) is 5.69 Å². The number of hydrogen-bond acceptors (Lipinski definition) is 5. The molecule has 9 heteroatoms. The van der Waals surface area contributed by atoms with Gasteiger partial charge in [0.1, 0.15) is 0 Å². The molecule has 2 aromatic rings. The fourth-order valence-corrected chi connectivity index (χ4v) is 3.51. The summed E-state index contributed by atoms with van der Waals surface area (Å²) < 4.78 is 24.7. The summed E-state index contributed by atoms with van der Waals surface area (Å²) in [5, 5.41) is 8.37. The molecule has 1 amide bonds. The maximum Gasteiger partial charge on any atom is 0.276 e. The van der Waals surface area contributed by atoms with Gasteiger partial charge in [-0.05, 0) is 18.6 Å². The van der Waals surface area contributed by atoms with Crippen LogP contribution in [0.5, 0.6) is 0 Å². The van der Waals surface area contributed by atoms with Crippen molar-refractivity contribution in [2.75, 3.05) is 32.4 Å². The molecule has 0 saturated carbocycles. The van der Waals surface area contributed by atoms with Crippen LogP contribution >= 0.6 is 0 Å². The SMILES string of the molecule is CS(=O)(=O)N1CCCN(C(=O)c2cnn(-c3ccccc3)n2)CC1. The quantitative estimate of drug-likeness (QED) is 0.799. The van der Waals surface area contributed by atoms with Crippen molar-refractivity contribution in [3.05, 3.63) is 42.2 Å². The van der Waals surface area contributed by atoms with E-state index < -0.39 is 10.0 Å². The number of rotatable bonds is 3. The molecule has 3 rings (SSSR count). The number of carbonyl (C=O) groups is 1. The summed E-state index contributed by atoms with van der Waals surface area (Å²) in [5.41, 5.74) is 1.03. The Morgan fingerprint density at radius 3 is 2.54 bits per heavy atom. The predicted molar refractivity (Wildman–Crippen MR) is 88.3 cm³/mol. The molecular formula is C15H19N5O3S. The predicted octanol–water partition coefficient (Wildman–Crippen LogP) is 0.375. The van der Waals surface area contributed by atoms with Gasteiger partial charge >= 0.3 is 0 Å². The average molecular weight is 349 g/mol. The van der Waals surface area contributed by atoms with Crippen LogP contribution in [0.1, 0.15) is 16.9 Å². The fourth-order valence-electron chi connectivity index (χ4n) is 2.64. The first kappa shape index (κ1) is 16.6. The van der Waals surface area contributed by atoms with E-state index in [1.54, 1.807) is 4.90 Å². The van der Waals surface area contributed by atoms with E-state index in [0.29, 0.717) is 32.6 Å². The number of para-hydroxylation sites is 1. The lowest BCUT2D eigenvalue weighted by Gasteiger charge is -2.19. The minimum atomic E-state index is -3.23. The largest absolute Gasteiger partial charge is 0.336 e. The Morgan fingerprint density at radius 1 is 1.08 bits per heavy atom. The van der Waals surface area contributed by atoms with Crippen molar-refractivity contribution in [1.29, 1.82) is 0 Å². The van der Waals surface area contributed by atoms with Gasteiger partial charge in [-0.3, -0.25) is 4.79 Å². The number of amides is 1. The zero-order valence-corrected chi connectivity index (χ0v) is 14.2. The number of benzene rings is 1. The van der Waals surface area contributed by atoms with E-state index in [9.17, 15) is 13.2 Å². The molecule has 0 spiro atoms. The number of hydrogen-bond donors (Lipinski definition) is 0. The molecular weight excluding hydrogens is 330 g/mol. The highest BCUT2D eigenvalue weighted by Crippen LogP contribution is 2.11. The van der Waals surface area contributed by atoms with Crippen LogP contribution < -0.4 is 0 Å². The summed E-state index contributed by atoms with van der Waals surface area (Å²) in [6.45, 7) is 1.59. The zero-order chi connectivity index (χ0) is 17.2. The molecule has 0 unspecified atom stereocenters. The third-order valence-electron chi connectivity index (χ3n) is 3.91. The number of carbonyl (C=O) groups excluding carboxylic acids is 1. The normalized spacial score (nSPS) is 16.8. The maximum atomic E-state index is 12.6. The highest BCUT2D eigenvalue weighted by atomic mass is 32.2. The Hall–Kier alpha value is -2.26. The molecule has 0 bridgehead atoms. The lowest BCUT2D eigenvalue weighted by atomic mass is 10.3. The Morgan fingerprint density at radius 2 is 1.83 bits per heavy atom. The average Bonchev–Trinajstić information content (AvgIpc) is 2.91. The molecule has 24 heavy (non-hydrogen) atoms. The van der Waals surface area contributed by atoms with Crippen molar-refractivity contribution < 1.29 is 13.2 Å². The standard InChI is InChI=1S/C15H19N5O3S/c1-24(22,23)19-9-5-8-18(10-11-19)15(21)14-12-16-20(17-14)13-6-3-2-4-7-13/h2-4,6-7,12H,5,8-11H2,1H3. The number of nitrogens with zero attached hydrogens (tertiary/aromatic N) is 5. The Bertz CT molecular complexity index is 819. The molecule has 128 valence electrons. The lowest BCUT2D eigenvalue weighted by molar-refractivity contribution is 0.0758. The summed E-state index contributed by atoms with van der Waals surface area (Å²) in [5.74, 6) is -0.229. The van der Waals surface area contributed by atoms with Gasteiger partial charge in [0, 0.05) is 26.2 Å². The second-order valence-corrected chi connectivity index (χ2v) is 7.65. The van der Waals surface area contributed by atoms with Crippen LogP contribution in [-0.2, 0) is 10.0 Å². The third kappa shape index (κ3) is 3.62. The minimum Gasteiger partial charge on any atom is -0.336 e. The Kier molecular flexibility index (Phi) is 4.63. The van der Waals surface area contributed by atoms with Gasteiger partial charge in [0.15, 0.2) is 5.69 Å². The van der Waals surface area contributed by atoms with Crippen LogP contribution in [0.4, 0.5) is 0 Å². The first-order chi connectivity index (χ1) is 11.4. The molecule has 1 aromatic carbocycles. The van der Waals surface area contributed by atoms with Crippen molar-refractivity contribution >= 4 is 15.9 Å². The van der Waals surface area contributed by atoms with Gasteiger partial charge in [0.05, 0.1) is 18.1 Å². The molecule has 2 heterocycles. The van der Waals surface area contributed by atoms with Crippen molar-refractivity contribution in [1.82, 2.24) is 24.2 Å². The van der Waals surface area contributed by atoms with Crippen molar-refractivity contribution in [3.63, 3.8) is 0 Å². The zero-order valence-electron chi connectivity index (χ0n) is 13.4. The molecule has 1 aliphatic rings. The molecule has 1 saturated heterocycles. The first-order valence-corrected chi connectivity index (χ1v) is 9.52. The van der Waals surface area contributed by atoms with Crippen molar-refractivity contribution in [3.8, 4) is 5.69 Å². The van der Waals surface area contributed by atoms with Gasteiger partial charge in [-0.2, -0.15) is 9.90 Å². The summed E-state index contributed by atoms with van der Waals surface area (Å²) in [4.78, 5) is 15.6. The van der Waals surface area contributed by atoms with Crippen LogP contribution in [0.3, 0.4) is 0 Å². The number of sulfonamides is 1. The van der Waals surface area contributed by atoms with Gasteiger partial charge in [-0.25, -0.2) is 12.7 Å². The van der Waals surface area contributed by atoms with Gasteiger partial charge in [-0.1, -0.05) is 18.2 Å².